The molecule has 0 fully saturated rings. The largest absolute Gasteiger partial charge is 0.272 e. The predicted molar refractivity (Wildman–Crippen MR) is 113 cm³/mol. The number of aromatic nitrogens is 3. The number of hydrazone groups is 1. The Hall–Kier alpha value is -2.77. The monoisotopic (exact) mass is 411 g/mol. The molecule has 0 saturated carbocycles. The highest BCUT2D eigenvalue weighted by Gasteiger charge is 2.27. The van der Waals surface area contributed by atoms with Crippen LogP contribution in [0.3, 0.4) is 0 Å². The molecule has 0 bridgehead atoms. The lowest BCUT2D eigenvalue weighted by molar-refractivity contribution is -0.118. The summed E-state index contributed by atoms with van der Waals surface area (Å²) in [4.78, 5) is 12.6. The number of carbonyl (C=O) groups is 1. The molecule has 28 heavy (non-hydrogen) atoms. The molecule has 6 nitrogen and oxygen atoms in total. The smallest absolute Gasteiger partial charge is 0.258 e. The van der Waals surface area contributed by atoms with E-state index in [0.717, 1.165) is 23.4 Å². The topological polar surface area (TPSA) is 66.3 Å². The van der Waals surface area contributed by atoms with Gasteiger partial charge in [-0.25, -0.2) is 5.10 Å². The number of halogens is 1. The molecule has 2 aromatic carbocycles. The molecule has 0 radical (unpaired) electrons. The average molecular weight is 412 g/mol. The summed E-state index contributed by atoms with van der Waals surface area (Å²) >= 11 is 11.4. The molecule has 1 amide bonds. The lowest BCUT2D eigenvalue weighted by Crippen LogP contribution is -2.33. The highest BCUT2D eigenvalue weighted by molar-refractivity contribution is 7.71. The molecule has 0 spiro atoms. The van der Waals surface area contributed by atoms with Crippen LogP contribution in [0.25, 0.3) is 5.69 Å². The van der Waals surface area contributed by atoms with E-state index in [4.69, 9.17) is 23.8 Å². The molecule has 3 aromatic rings. The highest BCUT2D eigenvalue weighted by atomic mass is 35.5. The fourth-order valence-electron chi connectivity index (χ4n) is 3.10. The van der Waals surface area contributed by atoms with E-state index in [2.05, 4.69) is 34.4 Å². The van der Waals surface area contributed by atoms with Gasteiger partial charge in [0.15, 0.2) is 0 Å². The van der Waals surface area contributed by atoms with Crippen LogP contribution in [-0.2, 0) is 11.2 Å². The molecule has 0 unspecified atom stereocenters. The molecule has 2 heterocycles. The third-order valence-corrected chi connectivity index (χ3v) is 5.18. The van der Waals surface area contributed by atoms with Gasteiger partial charge in [-0.15, -0.1) is 5.10 Å². The van der Waals surface area contributed by atoms with Crippen LogP contribution >= 0.6 is 23.8 Å². The van der Waals surface area contributed by atoms with Crippen LogP contribution in [0.4, 0.5) is 5.95 Å². The number of H-pyrrole nitrogens is 1. The van der Waals surface area contributed by atoms with Crippen molar-refractivity contribution >= 4 is 41.4 Å². The molecule has 1 aromatic heterocycles. The summed E-state index contributed by atoms with van der Waals surface area (Å²) in [5.74, 6) is 0.206. The SMILES string of the molecule is CCc1ccc(C2=NN(c3n[nH]c(=S)n3-c3ccc(Cl)cc3)C(=O)CC2)cc1. The summed E-state index contributed by atoms with van der Waals surface area (Å²) < 4.78 is 2.05. The Bertz CT molecular complexity index is 1100. The molecule has 4 rings (SSSR count). The Labute approximate surface area is 172 Å². The first-order valence-corrected chi connectivity index (χ1v) is 9.78. The molecule has 0 saturated heterocycles. The maximum atomic E-state index is 12.6. The standard InChI is InChI=1S/C20H18ClN5OS/c1-2-13-3-5-14(6-4-13)17-11-12-18(27)26(24-17)19-22-23-20(28)25(19)16-9-7-15(21)8-10-16/h3-10H,2,11-12H2,1H3,(H,23,28). The van der Waals surface area contributed by atoms with Gasteiger partial charge in [-0.3, -0.25) is 9.36 Å². The maximum absolute atomic E-state index is 12.6. The first-order valence-electron chi connectivity index (χ1n) is 9.00. The van der Waals surface area contributed by atoms with E-state index in [0.29, 0.717) is 28.6 Å². The Morgan fingerprint density at radius 3 is 2.50 bits per heavy atom. The van der Waals surface area contributed by atoms with Gasteiger partial charge in [0.1, 0.15) is 0 Å². The van der Waals surface area contributed by atoms with Crippen molar-refractivity contribution in [2.75, 3.05) is 5.01 Å². The zero-order valence-corrected chi connectivity index (χ0v) is 16.8. The van der Waals surface area contributed by atoms with Gasteiger partial charge in [0, 0.05) is 17.9 Å². The number of benzene rings is 2. The first-order chi connectivity index (χ1) is 13.6. The number of aryl methyl sites for hydroxylation is 1. The van der Waals surface area contributed by atoms with Gasteiger partial charge in [0.25, 0.3) is 11.9 Å². The van der Waals surface area contributed by atoms with Crippen LogP contribution < -0.4 is 5.01 Å². The first kappa shape index (κ1) is 18.6. The van der Waals surface area contributed by atoms with Gasteiger partial charge in [0.05, 0.1) is 11.4 Å². The van der Waals surface area contributed by atoms with Crippen molar-refractivity contribution in [2.24, 2.45) is 5.10 Å². The van der Waals surface area contributed by atoms with Crippen LogP contribution in [-0.4, -0.2) is 26.4 Å². The highest BCUT2D eigenvalue weighted by Crippen LogP contribution is 2.25. The lowest BCUT2D eigenvalue weighted by atomic mass is 10.0. The van der Waals surface area contributed by atoms with Crippen molar-refractivity contribution < 1.29 is 4.79 Å². The third kappa shape index (κ3) is 3.50. The molecule has 0 atom stereocenters. The van der Waals surface area contributed by atoms with E-state index >= 15 is 0 Å². The van der Waals surface area contributed by atoms with Crippen molar-refractivity contribution in [3.05, 3.63) is 69.5 Å². The van der Waals surface area contributed by atoms with Crippen molar-refractivity contribution in [3.63, 3.8) is 0 Å². The lowest BCUT2D eigenvalue weighted by Gasteiger charge is -2.23. The molecule has 1 aliphatic rings. The molecule has 1 aliphatic heterocycles. The second kappa shape index (κ2) is 7.69. The summed E-state index contributed by atoms with van der Waals surface area (Å²) in [5.41, 5.74) is 3.86. The number of nitrogens with zero attached hydrogens (tertiary/aromatic N) is 4. The normalized spacial score (nSPS) is 14.3. The summed E-state index contributed by atoms with van der Waals surface area (Å²) in [6.45, 7) is 2.12. The number of carbonyl (C=O) groups excluding carboxylic acids is 1. The van der Waals surface area contributed by atoms with E-state index in [1.807, 2.05) is 24.3 Å². The van der Waals surface area contributed by atoms with Gasteiger partial charge < -0.3 is 0 Å². The Balaban J connectivity index is 1.76. The second-order valence-corrected chi connectivity index (χ2v) is 7.27. The maximum Gasteiger partial charge on any atom is 0.258 e. The van der Waals surface area contributed by atoms with E-state index in [1.54, 1.807) is 16.7 Å². The average Bonchev–Trinajstić information content (AvgIpc) is 3.10. The molecule has 1 N–H and O–H groups in total. The zero-order chi connectivity index (χ0) is 19.7. The van der Waals surface area contributed by atoms with Gasteiger partial charge in [-0.2, -0.15) is 10.1 Å². The van der Waals surface area contributed by atoms with Crippen molar-refractivity contribution in [2.45, 2.75) is 26.2 Å². The quantitative estimate of drug-likeness (QED) is 0.634. The van der Waals surface area contributed by atoms with Gasteiger partial charge in [-0.05, 0) is 54.0 Å². The third-order valence-electron chi connectivity index (χ3n) is 4.66. The van der Waals surface area contributed by atoms with Gasteiger partial charge >= 0.3 is 0 Å². The Morgan fingerprint density at radius 2 is 1.82 bits per heavy atom. The molecule has 0 aliphatic carbocycles. The van der Waals surface area contributed by atoms with E-state index < -0.39 is 0 Å². The summed E-state index contributed by atoms with van der Waals surface area (Å²) in [6, 6.07) is 15.4. The van der Waals surface area contributed by atoms with Crippen molar-refractivity contribution in [3.8, 4) is 5.69 Å². The molecular weight excluding hydrogens is 394 g/mol. The van der Waals surface area contributed by atoms with Gasteiger partial charge in [-0.1, -0.05) is 42.8 Å². The molecular formula is C20H18ClN5OS. The Kier molecular flexibility index (Phi) is 5.11. The van der Waals surface area contributed by atoms with E-state index in [-0.39, 0.29) is 5.91 Å². The van der Waals surface area contributed by atoms with Crippen LogP contribution in [0, 0.1) is 4.77 Å². The van der Waals surface area contributed by atoms with Crippen LogP contribution in [0.1, 0.15) is 30.9 Å². The number of hydrogen-bond donors (Lipinski definition) is 1. The Morgan fingerprint density at radius 1 is 1.11 bits per heavy atom. The summed E-state index contributed by atoms with van der Waals surface area (Å²) in [5, 5.41) is 13.6. The van der Waals surface area contributed by atoms with Crippen molar-refractivity contribution in [1.29, 1.82) is 0 Å². The van der Waals surface area contributed by atoms with Crippen LogP contribution in [0.15, 0.2) is 53.6 Å². The fourth-order valence-corrected chi connectivity index (χ4v) is 3.46. The van der Waals surface area contributed by atoms with E-state index in [9.17, 15) is 4.79 Å². The number of amides is 1. The number of nitrogens with one attached hydrogen (secondary N) is 1. The number of rotatable bonds is 4. The minimum Gasteiger partial charge on any atom is -0.272 e. The number of aromatic amines is 1. The van der Waals surface area contributed by atoms with Crippen LogP contribution in [0.5, 0.6) is 0 Å². The van der Waals surface area contributed by atoms with E-state index in [1.165, 1.54) is 10.6 Å². The second-order valence-electron chi connectivity index (χ2n) is 6.44. The van der Waals surface area contributed by atoms with Gasteiger partial charge in [0.2, 0.25) is 4.77 Å². The molecule has 142 valence electrons. The number of hydrogen-bond acceptors (Lipinski definition) is 4. The summed E-state index contributed by atoms with van der Waals surface area (Å²) in [6.07, 6.45) is 1.93. The minimum atomic E-state index is -0.127. The predicted octanol–water partition coefficient (Wildman–Crippen LogP) is 4.68. The fraction of sp³-hybridized carbons (Fsp3) is 0.200. The summed E-state index contributed by atoms with van der Waals surface area (Å²) in [7, 11) is 0. The minimum absolute atomic E-state index is 0.127. The zero-order valence-electron chi connectivity index (χ0n) is 15.2. The van der Waals surface area contributed by atoms with Crippen LogP contribution in [0.2, 0.25) is 5.02 Å². The molecule has 8 heteroatoms. The number of anilines is 1. The van der Waals surface area contributed by atoms with Crippen molar-refractivity contribution in [1.82, 2.24) is 14.8 Å².